The average molecular weight is 430 g/mol. The third-order valence-electron chi connectivity index (χ3n) is 4.94. The number of ether oxygens (including phenoxy) is 1. The van der Waals surface area contributed by atoms with E-state index >= 15 is 0 Å². The number of amides is 1. The van der Waals surface area contributed by atoms with Crippen molar-refractivity contribution < 1.29 is 17.9 Å². The first-order chi connectivity index (χ1) is 14.1. The normalized spacial score (nSPS) is 15.9. The van der Waals surface area contributed by atoms with E-state index in [0.29, 0.717) is 24.0 Å². The first kappa shape index (κ1) is 21.8. The lowest BCUT2D eigenvalue weighted by Gasteiger charge is -2.31. The van der Waals surface area contributed by atoms with E-state index in [9.17, 15) is 13.2 Å². The molecule has 0 radical (unpaired) electrons. The molecule has 0 aromatic heterocycles. The summed E-state index contributed by atoms with van der Waals surface area (Å²) in [6.45, 7) is 8.29. The van der Waals surface area contributed by atoms with Crippen molar-refractivity contribution in [3.8, 4) is 5.75 Å². The van der Waals surface area contributed by atoms with Crippen molar-refractivity contribution in [2.45, 2.75) is 38.6 Å². The summed E-state index contributed by atoms with van der Waals surface area (Å²) < 4.78 is 34.3. The number of methoxy groups -OCH3 is 1. The molecule has 0 saturated heterocycles. The number of fused-ring (bicyclic) bond motifs is 1. The van der Waals surface area contributed by atoms with Gasteiger partial charge in [-0.25, -0.2) is 0 Å². The predicted molar refractivity (Wildman–Crippen MR) is 118 cm³/mol. The van der Waals surface area contributed by atoms with Crippen LogP contribution in [0, 0.1) is 5.92 Å². The Balaban J connectivity index is 1.87. The molecule has 30 heavy (non-hydrogen) atoms. The highest BCUT2D eigenvalue weighted by Crippen LogP contribution is 2.33. The fraction of sp³-hybridized carbons (Fsp3) is 0.364. The van der Waals surface area contributed by atoms with Gasteiger partial charge in [0.05, 0.1) is 18.8 Å². The summed E-state index contributed by atoms with van der Waals surface area (Å²) in [7, 11) is -2.26. The molecule has 0 spiro atoms. The summed E-state index contributed by atoms with van der Waals surface area (Å²) >= 11 is 0. The zero-order valence-corrected chi connectivity index (χ0v) is 18.7. The van der Waals surface area contributed by atoms with Gasteiger partial charge in [-0.3, -0.25) is 4.79 Å². The predicted octanol–water partition coefficient (Wildman–Crippen LogP) is 3.77. The minimum Gasteiger partial charge on any atom is -0.497 e. The maximum absolute atomic E-state index is 12.8. The molecule has 1 amide bonds. The fourth-order valence-corrected chi connectivity index (χ4v) is 4.65. The van der Waals surface area contributed by atoms with E-state index in [1.165, 1.54) is 6.07 Å². The van der Waals surface area contributed by atoms with Crippen LogP contribution < -0.4 is 15.0 Å². The van der Waals surface area contributed by atoms with Crippen LogP contribution in [0.4, 0.5) is 5.69 Å². The molecule has 3 rings (SSSR count). The number of benzene rings is 2. The molecular formula is C22H27N3O4S. The van der Waals surface area contributed by atoms with Crippen molar-refractivity contribution in [1.82, 2.24) is 5.32 Å². The van der Waals surface area contributed by atoms with E-state index in [4.69, 9.17) is 4.74 Å². The summed E-state index contributed by atoms with van der Waals surface area (Å²) in [4.78, 5) is 14.7. The molecule has 1 unspecified atom stereocenters. The van der Waals surface area contributed by atoms with Crippen LogP contribution in [0.2, 0.25) is 0 Å². The molecule has 160 valence electrons. The smallest absolute Gasteiger partial charge is 0.286 e. The van der Waals surface area contributed by atoms with Crippen molar-refractivity contribution >= 4 is 27.5 Å². The molecule has 1 atom stereocenters. The van der Waals surface area contributed by atoms with E-state index in [1.807, 2.05) is 36.1 Å². The molecule has 0 bridgehead atoms. The summed E-state index contributed by atoms with van der Waals surface area (Å²) in [5.74, 6) is 1.13. The molecule has 1 aliphatic heterocycles. The second-order valence-corrected chi connectivity index (χ2v) is 9.34. The Morgan fingerprint density at radius 3 is 2.40 bits per heavy atom. The van der Waals surface area contributed by atoms with Gasteiger partial charge in [0.1, 0.15) is 16.5 Å². The van der Waals surface area contributed by atoms with E-state index in [0.717, 1.165) is 11.3 Å². The Hall–Kier alpha value is -2.87. The first-order valence-electron chi connectivity index (χ1n) is 9.80. The molecule has 8 heteroatoms. The van der Waals surface area contributed by atoms with Crippen LogP contribution in [0.25, 0.3) is 0 Å². The third-order valence-corrected chi connectivity index (χ3v) is 6.33. The van der Waals surface area contributed by atoms with Crippen LogP contribution in [0.5, 0.6) is 5.75 Å². The topological polar surface area (TPSA) is 88.1 Å². The Kier molecular flexibility index (Phi) is 6.17. The Morgan fingerprint density at radius 1 is 1.13 bits per heavy atom. The van der Waals surface area contributed by atoms with Gasteiger partial charge in [0, 0.05) is 12.1 Å². The van der Waals surface area contributed by atoms with Crippen molar-refractivity contribution in [1.29, 1.82) is 0 Å². The highest BCUT2D eigenvalue weighted by atomic mass is 32.2. The van der Waals surface area contributed by atoms with Gasteiger partial charge < -0.3 is 15.0 Å². The first-order valence-corrected chi connectivity index (χ1v) is 11.2. The number of anilines is 1. The summed E-state index contributed by atoms with van der Waals surface area (Å²) in [6, 6.07) is 11.9. The van der Waals surface area contributed by atoms with Gasteiger partial charge in [0.15, 0.2) is 0 Å². The largest absolute Gasteiger partial charge is 0.497 e. The van der Waals surface area contributed by atoms with Crippen LogP contribution in [0.3, 0.4) is 0 Å². The average Bonchev–Trinajstić information content (AvgIpc) is 2.70. The highest BCUT2D eigenvalue weighted by molar-refractivity contribution is 7.90. The van der Waals surface area contributed by atoms with Gasteiger partial charge in [0.2, 0.25) is 0 Å². The van der Waals surface area contributed by atoms with Gasteiger partial charge in [-0.05, 0) is 55.7 Å². The van der Waals surface area contributed by atoms with Crippen LogP contribution in [0.15, 0.2) is 51.8 Å². The molecule has 7 nitrogen and oxygen atoms in total. The molecule has 2 aromatic carbocycles. The number of carbonyl (C=O) groups excluding carboxylic acids is 1. The third kappa shape index (κ3) is 4.48. The van der Waals surface area contributed by atoms with E-state index in [1.54, 1.807) is 26.2 Å². The number of amidine groups is 1. The monoisotopic (exact) mass is 429 g/mol. The minimum atomic E-state index is -3.85. The van der Waals surface area contributed by atoms with Gasteiger partial charge >= 0.3 is 0 Å². The maximum Gasteiger partial charge on any atom is 0.286 e. The number of nitrogens with one attached hydrogen (secondary N) is 1. The molecule has 0 fully saturated rings. The number of hydrogen-bond acceptors (Lipinski definition) is 5. The Morgan fingerprint density at radius 2 is 1.80 bits per heavy atom. The van der Waals surface area contributed by atoms with Crippen molar-refractivity contribution in [3.63, 3.8) is 0 Å². The van der Waals surface area contributed by atoms with E-state index in [-0.39, 0.29) is 22.4 Å². The van der Waals surface area contributed by atoms with Crippen LogP contribution in [-0.4, -0.2) is 33.8 Å². The quantitative estimate of drug-likeness (QED) is 0.755. The maximum atomic E-state index is 12.8. The lowest BCUT2D eigenvalue weighted by molar-refractivity contribution is 0.0939. The number of rotatable bonds is 6. The van der Waals surface area contributed by atoms with Crippen molar-refractivity contribution in [2.24, 2.45) is 10.3 Å². The number of carbonyl (C=O) groups is 1. The van der Waals surface area contributed by atoms with Crippen LogP contribution in [-0.2, 0) is 10.0 Å². The SMILES string of the molecule is COc1ccc(C(C)NC(=O)c2ccc3c(c2)S(=O)(=O)N=C(C)N3CC(C)C)cc1. The molecule has 1 aliphatic rings. The minimum absolute atomic E-state index is 0.0542. The van der Waals surface area contributed by atoms with E-state index in [2.05, 4.69) is 23.6 Å². The van der Waals surface area contributed by atoms with Crippen molar-refractivity contribution in [3.05, 3.63) is 53.6 Å². The molecule has 0 aliphatic carbocycles. The molecule has 1 N–H and O–H groups in total. The fourth-order valence-electron chi connectivity index (χ4n) is 3.38. The zero-order chi connectivity index (χ0) is 22.1. The van der Waals surface area contributed by atoms with Gasteiger partial charge in [-0.2, -0.15) is 8.42 Å². The van der Waals surface area contributed by atoms with Gasteiger partial charge in [-0.15, -0.1) is 4.40 Å². The molecule has 0 saturated carbocycles. The van der Waals surface area contributed by atoms with Crippen molar-refractivity contribution in [2.75, 3.05) is 18.6 Å². The lowest BCUT2D eigenvalue weighted by Crippen LogP contribution is -2.37. The Labute approximate surface area is 177 Å². The van der Waals surface area contributed by atoms with Crippen LogP contribution in [0.1, 0.15) is 49.7 Å². The Bertz CT molecular complexity index is 1080. The second kappa shape index (κ2) is 8.47. The summed E-state index contributed by atoms with van der Waals surface area (Å²) in [5, 5.41) is 2.91. The van der Waals surface area contributed by atoms with Gasteiger partial charge in [0.25, 0.3) is 15.9 Å². The summed E-state index contributed by atoms with van der Waals surface area (Å²) in [6.07, 6.45) is 0. The van der Waals surface area contributed by atoms with E-state index < -0.39 is 10.0 Å². The number of sulfonamides is 1. The number of nitrogens with zero attached hydrogens (tertiary/aromatic N) is 2. The number of hydrogen-bond donors (Lipinski definition) is 1. The highest BCUT2D eigenvalue weighted by Gasteiger charge is 2.30. The molecule has 1 heterocycles. The second-order valence-electron chi connectivity index (χ2n) is 7.77. The lowest BCUT2D eigenvalue weighted by atomic mass is 10.1. The van der Waals surface area contributed by atoms with Gasteiger partial charge in [-0.1, -0.05) is 26.0 Å². The standard InChI is InChI=1S/C22H27N3O4S/c1-14(2)13-25-16(4)24-30(27,28)21-12-18(8-11-20(21)25)22(26)23-15(3)17-6-9-19(29-5)10-7-17/h6-12,14-15H,13H2,1-5H3,(H,23,26). The van der Waals surface area contributed by atoms with Crippen LogP contribution >= 0.6 is 0 Å². The molecule has 2 aromatic rings. The molecular weight excluding hydrogens is 402 g/mol. The summed E-state index contributed by atoms with van der Waals surface area (Å²) in [5.41, 5.74) is 1.74. The zero-order valence-electron chi connectivity index (χ0n) is 17.8.